The van der Waals surface area contributed by atoms with Crippen LogP contribution in [0.3, 0.4) is 0 Å². The molecular weight excluding hydrogens is 308 g/mol. The fourth-order valence-corrected chi connectivity index (χ4v) is 2.84. The molecule has 1 heterocycles. The molecule has 0 aliphatic carbocycles. The predicted molar refractivity (Wildman–Crippen MR) is 75.9 cm³/mol. The van der Waals surface area contributed by atoms with Crippen molar-refractivity contribution in [1.29, 1.82) is 5.26 Å². The van der Waals surface area contributed by atoms with Crippen LogP contribution in [-0.2, 0) is 9.53 Å². The van der Waals surface area contributed by atoms with Crippen molar-refractivity contribution in [2.75, 3.05) is 18.1 Å². The minimum Gasteiger partial charge on any atom is -0.464 e. The average Bonchev–Trinajstić information content (AvgIpc) is 2.87. The standard InChI is InChI=1S/C14H15BrN2O2/c1-2-19-14(18)13-4-3-5-17(13)12-7-10(9-16)6-11(15)8-12/h6-8,13H,2-5H2,1H3. The van der Waals surface area contributed by atoms with E-state index in [-0.39, 0.29) is 12.0 Å². The van der Waals surface area contributed by atoms with Crippen molar-refractivity contribution in [2.45, 2.75) is 25.8 Å². The van der Waals surface area contributed by atoms with Gasteiger partial charge in [-0.05, 0) is 38.0 Å². The largest absolute Gasteiger partial charge is 0.464 e. The number of nitriles is 1. The molecule has 1 aliphatic heterocycles. The van der Waals surface area contributed by atoms with Crippen LogP contribution in [0.4, 0.5) is 5.69 Å². The lowest BCUT2D eigenvalue weighted by molar-refractivity contribution is -0.144. The van der Waals surface area contributed by atoms with Crippen LogP contribution in [0.15, 0.2) is 22.7 Å². The van der Waals surface area contributed by atoms with Gasteiger partial charge in [-0.3, -0.25) is 0 Å². The van der Waals surface area contributed by atoms with Crippen LogP contribution in [0.1, 0.15) is 25.3 Å². The molecule has 0 radical (unpaired) electrons. The first-order chi connectivity index (χ1) is 9.15. The summed E-state index contributed by atoms with van der Waals surface area (Å²) in [6.07, 6.45) is 1.76. The highest BCUT2D eigenvalue weighted by molar-refractivity contribution is 9.10. The summed E-state index contributed by atoms with van der Waals surface area (Å²) in [6.45, 7) is 3.01. The van der Waals surface area contributed by atoms with Gasteiger partial charge in [0.25, 0.3) is 0 Å². The number of hydrogen-bond donors (Lipinski definition) is 0. The maximum absolute atomic E-state index is 11.9. The second-order valence-electron chi connectivity index (χ2n) is 4.41. The van der Waals surface area contributed by atoms with Crippen LogP contribution in [0.25, 0.3) is 0 Å². The second kappa shape index (κ2) is 6.07. The maximum atomic E-state index is 11.9. The molecule has 0 aromatic heterocycles. The van der Waals surface area contributed by atoms with E-state index in [0.29, 0.717) is 12.2 Å². The van der Waals surface area contributed by atoms with Crippen molar-refractivity contribution >= 4 is 27.6 Å². The summed E-state index contributed by atoms with van der Waals surface area (Å²) < 4.78 is 5.95. The third-order valence-electron chi connectivity index (χ3n) is 3.15. The number of halogens is 1. The average molecular weight is 323 g/mol. The van der Waals surface area contributed by atoms with Crippen LogP contribution < -0.4 is 4.90 Å². The van der Waals surface area contributed by atoms with Gasteiger partial charge in [-0.15, -0.1) is 0 Å². The molecule has 1 fully saturated rings. The number of nitrogens with zero attached hydrogens (tertiary/aromatic N) is 2. The second-order valence-corrected chi connectivity index (χ2v) is 5.33. The first-order valence-electron chi connectivity index (χ1n) is 6.29. The van der Waals surface area contributed by atoms with Gasteiger partial charge in [0.15, 0.2) is 0 Å². The Labute approximate surface area is 121 Å². The van der Waals surface area contributed by atoms with Crippen molar-refractivity contribution in [3.8, 4) is 6.07 Å². The van der Waals surface area contributed by atoms with Crippen LogP contribution in [0.2, 0.25) is 0 Å². The number of hydrogen-bond acceptors (Lipinski definition) is 4. The molecule has 0 N–H and O–H groups in total. The van der Waals surface area contributed by atoms with Crippen LogP contribution in [-0.4, -0.2) is 25.2 Å². The predicted octanol–water partition coefficient (Wildman–Crippen LogP) is 2.85. The Bertz CT molecular complexity index is 525. The highest BCUT2D eigenvalue weighted by atomic mass is 79.9. The molecule has 1 aromatic rings. The number of benzene rings is 1. The number of anilines is 1. The van der Waals surface area contributed by atoms with Crippen molar-refractivity contribution in [1.82, 2.24) is 0 Å². The van der Waals surface area contributed by atoms with Crippen LogP contribution >= 0.6 is 15.9 Å². The maximum Gasteiger partial charge on any atom is 0.328 e. The van der Waals surface area contributed by atoms with Crippen molar-refractivity contribution < 1.29 is 9.53 Å². The fraction of sp³-hybridized carbons (Fsp3) is 0.429. The number of carbonyl (C=O) groups is 1. The summed E-state index contributed by atoms with van der Waals surface area (Å²) in [6, 6.07) is 7.39. The van der Waals surface area contributed by atoms with E-state index in [4.69, 9.17) is 10.00 Å². The van der Waals surface area contributed by atoms with Gasteiger partial charge < -0.3 is 9.64 Å². The molecular formula is C14H15BrN2O2. The van der Waals surface area contributed by atoms with Gasteiger partial charge in [-0.2, -0.15) is 5.26 Å². The van der Waals surface area contributed by atoms with E-state index < -0.39 is 0 Å². The molecule has 2 rings (SSSR count). The topological polar surface area (TPSA) is 53.3 Å². The first-order valence-corrected chi connectivity index (χ1v) is 7.09. The Balaban J connectivity index is 2.27. The smallest absolute Gasteiger partial charge is 0.328 e. The molecule has 0 spiro atoms. The highest BCUT2D eigenvalue weighted by Gasteiger charge is 2.32. The molecule has 5 heteroatoms. The van der Waals surface area contributed by atoms with Crippen molar-refractivity contribution in [3.05, 3.63) is 28.2 Å². The van der Waals surface area contributed by atoms with Gasteiger partial charge in [0, 0.05) is 16.7 Å². The summed E-state index contributed by atoms with van der Waals surface area (Å²) in [5.41, 5.74) is 1.47. The SMILES string of the molecule is CCOC(=O)C1CCCN1c1cc(Br)cc(C#N)c1. The Morgan fingerprint density at radius 1 is 1.58 bits per heavy atom. The molecule has 100 valence electrons. The van der Waals surface area contributed by atoms with Crippen LogP contribution in [0, 0.1) is 11.3 Å². The number of carbonyl (C=O) groups excluding carboxylic acids is 1. The lowest BCUT2D eigenvalue weighted by atomic mass is 10.1. The summed E-state index contributed by atoms with van der Waals surface area (Å²) in [5.74, 6) is -0.182. The molecule has 1 aromatic carbocycles. The Hall–Kier alpha value is -1.54. The normalized spacial score (nSPS) is 18.2. The van der Waals surface area contributed by atoms with Gasteiger partial charge in [0.1, 0.15) is 6.04 Å². The lowest BCUT2D eigenvalue weighted by Gasteiger charge is -2.25. The zero-order chi connectivity index (χ0) is 13.8. The molecule has 0 bridgehead atoms. The molecule has 19 heavy (non-hydrogen) atoms. The molecule has 1 atom stereocenters. The molecule has 4 nitrogen and oxygen atoms in total. The monoisotopic (exact) mass is 322 g/mol. The molecule has 0 amide bonds. The minimum atomic E-state index is -0.235. The van der Waals surface area contributed by atoms with E-state index in [9.17, 15) is 4.79 Å². The summed E-state index contributed by atoms with van der Waals surface area (Å²) in [7, 11) is 0. The summed E-state index contributed by atoms with van der Waals surface area (Å²) in [5, 5.41) is 9.01. The van der Waals surface area contributed by atoms with E-state index >= 15 is 0 Å². The zero-order valence-corrected chi connectivity index (χ0v) is 12.3. The van der Waals surface area contributed by atoms with E-state index in [1.165, 1.54) is 0 Å². The van der Waals surface area contributed by atoms with E-state index in [0.717, 1.165) is 29.5 Å². The molecule has 1 saturated heterocycles. The van der Waals surface area contributed by atoms with E-state index in [1.54, 1.807) is 6.07 Å². The quantitative estimate of drug-likeness (QED) is 0.803. The van der Waals surface area contributed by atoms with Gasteiger partial charge in [-0.1, -0.05) is 15.9 Å². The lowest BCUT2D eigenvalue weighted by Crippen LogP contribution is -2.37. The van der Waals surface area contributed by atoms with Crippen molar-refractivity contribution in [2.24, 2.45) is 0 Å². The van der Waals surface area contributed by atoms with Gasteiger partial charge in [0.2, 0.25) is 0 Å². The van der Waals surface area contributed by atoms with E-state index in [2.05, 4.69) is 22.0 Å². The summed E-state index contributed by atoms with van der Waals surface area (Å²) >= 11 is 3.39. The number of esters is 1. The first kappa shape index (κ1) is 13.9. The van der Waals surface area contributed by atoms with Crippen LogP contribution in [0.5, 0.6) is 0 Å². The Kier molecular flexibility index (Phi) is 4.43. The number of ether oxygens (including phenoxy) is 1. The van der Waals surface area contributed by atoms with Gasteiger partial charge >= 0.3 is 5.97 Å². The minimum absolute atomic E-state index is 0.182. The molecule has 1 unspecified atom stereocenters. The third-order valence-corrected chi connectivity index (χ3v) is 3.61. The highest BCUT2D eigenvalue weighted by Crippen LogP contribution is 2.29. The van der Waals surface area contributed by atoms with Crippen molar-refractivity contribution in [3.63, 3.8) is 0 Å². The molecule has 0 saturated carbocycles. The Morgan fingerprint density at radius 3 is 3.05 bits per heavy atom. The molecule has 1 aliphatic rings. The Morgan fingerprint density at radius 2 is 2.37 bits per heavy atom. The third kappa shape index (κ3) is 3.07. The zero-order valence-electron chi connectivity index (χ0n) is 10.7. The van der Waals surface area contributed by atoms with E-state index in [1.807, 2.05) is 24.0 Å². The summed E-state index contributed by atoms with van der Waals surface area (Å²) in [4.78, 5) is 13.9. The van der Waals surface area contributed by atoms with Gasteiger partial charge in [-0.25, -0.2) is 4.79 Å². The fourth-order valence-electron chi connectivity index (χ4n) is 2.36. The van der Waals surface area contributed by atoms with Gasteiger partial charge in [0.05, 0.1) is 18.2 Å². The number of rotatable bonds is 3.